The lowest BCUT2D eigenvalue weighted by Crippen LogP contribution is -2.20. The molecule has 3 heteroatoms. The molecule has 2 atom stereocenters. The van der Waals surface area contributed by atoms with Gasteiger partial charge in [0.25, 0.3) is 0 Å². The van der Waals surface area contributed by atoms with Gasteiger partial charge < -0.3 is 4.55 Å². The highest BCUT2D eigenvalue weighted by Gasteiger charge is 2.32. The second-order valence-electron chi connectivity index (χ2n) is 5.05. The van der Waals surface area contributed by atoms with Crippen molar-refractivity contribution in [1.29, 1.82) is 0 Å². The van der Waals surface area contributed by atoms with Gasteiger partial charge in [-0.25, -0.2) is 0 Å². The van der Waals surface area contributed by atoms with E-state index >= 15 is 0 Å². The van der Waals surface area contributed by atoms with Gasteiger partial charge in [0.1, 0.15) is 0 Å². The fourth-order valence-corrected chi connectivity index (χ4v) is 4.22. The fourth-order valence-electron chi connectivity index (χ4n) is 2.67. The van der Waals surface area contributed by atoms with Gasteiger partial charge in [0, 0.05) is 12.6 Å². The first kappa shape index (κ1) is 12.7. The van der Waals surface area contributed by atoms with E-state index in [1.165, 1.54) is 11.1 Å². The topological polar surface area (TPSA) is 36.0 Å². The van der Waals surface area contributed by atoms with E-state index in [-0.39, 0.29) is 5.25 Å². The van der Waals surface area contributed by atoms with Gasteiger partial charge in [-0.05, 0) is 54.2 Å². The number of benzene rings is 1. The smallest absolute Gasteiger partial charge is 0.163 e. The first-order chi connectivity index (χ1) is 9.25. The molecule has 98 valence electrons. The van der Waals surface area contributed by atoms with Crippen molar-refractivity contribution in [3.63, 3.8) is 0 Å². The number of hydrogen-bond donors (Lipinski definition) is 0. The van der Waals surface area contributed by atoms with Crippen LogP contribution in [0, 0.1) is 6.92 Å². The van der Waals surface area contributed by atoms with E-state index in [0.29, 0.717) is 0 Å². The summed E-state index contributed by atoms with van der Waals surface area (Å²) < 4.78 is 12.7. The van der Waals surface area contributed by atoms with Crippen molar-refractivity contribution in [2.45, 2.75) is 36.3 Å². The van der Waals surface area contributed by atoms with E-state index in [9.17, 15) is 4.55 Å². The predicted octanol–water partition coefficient (Wildman–Crippen LogP) is 3.58. The van der Waals surface area contributed by atoms with Crippen molar-refractivity contribution in [2.24, 2.45) is 0 Å². The molecule has 0 saturated heterocycles. The van der Waals surface area contributed by atoms with Crippen LogP contribution in [-0.2, 0) is 17.6 Å². The quantitative estimate of drug-likeness (QED) is 0.783. The van der Waals surface area contributed by atoms with E-state index in [2.05, 4.69) is 18.0 Å². The Bertz CT molecular complexity index is 570. The molecule has 3 rings (SSSR count). The number of aryl methyl sites for hydroxylation is 2. The molecule has 0 fully saturated rings. The van der Waals surface area contributed by atoms with E-state index < -0.39 is 11.2 Å². The van der Waals surface area contributed by atoms with E-state index in [4.69, 9.17) is 0 Å². The summed E-state index contributed by atoms with van der Waals surface area (Å²) in [5, 5.41) is 0.0479. The van der Waals surface area contributed by atoms with Crippen LogP contribution in [-0.4, -0.2) is 9.54 Å². The van der Waals surface area contributed by atoms with Crippen molar-refractivity contribution in [3.05, 3.63) is 59.4 Å². The molecule has 1 aliphatic rings. The molecule has 0 amide bonds. The van der Waals surface area contributed by atoms with E-state index in [1.54, 1.807) is 0 Å². The summed E-state index contributed by atoms with van der Waals surface area (Å²) in [4.78, 5) is 5.46. The Balaban J connectivity index is 1.95. The first-order valence-corrected chi connectivity index (χ1v) is 7.88. The molecular formula is C16H17NOS. The summed E-state index contributed by atoms with van der Waals surface area (Å²) in [6, 6.07) is 11.9. The Morgan fingerprint density at radius 3 is 2.84 bits per heavy atom. The molecule has 1 aliphatic carbocycles. The number of rotatable bonds is 2. The Morgan fingerprint density at radius 2 is 2.05 bits per heavy atom. The van der Waals surface area contributed by atoms with Crippen LogP contribution in [0.25, 0.3) is 0 Å². The van der Waals surface area contributed by atoms with Crippen LogP contribution in [0.5, 0.6) is 0 Å². The number of nitrogens with zero attached hydrogens (tertiary/aromatic N) is 1. The first-order valence-electron chi connectivity index (χ1n) is 6.67. The Labute approximate surface area is 117 Å². The second kappa shape index (κ2) is 5.35. The van der Waals surface area contributed by atoms with Gasteiger partial charge in [-0.2, -0.15) is 0 Å². The summed E-state index contributed by atoms with van der Waals surface area (Å²) in [5.74, 6) is 0. The van der Waals surface area contributed by atoms with Gasteiger partial charge in [-0.3, -0.25) is 4.98 Å². The third-order valence-corrected chi connectivity index (χ3v) is 5.30. The zero-order valence-corrected chi connectivity index (χ0v) is 11.8. The summed E-state index contributed by atoms with van der Waals surface area (Å²) in [6.45, 7) is 2.06. The molecule has 2 nitrogen and oxygen atoms in total. The number of aromatic nitrogens is 1. The zero-order valence-electron chi connectivity index (χ0n) is 11.0. The van der Waals surface area contributed by atoms with Crippen LogP contribution in [0.2, 0.25) is 0 Å². The Hall–Kier alpha value is -1.32. The fraction of sp³-hybridized carbons (Fsp3) is 0.312. The molecule has 0 spiro atoms. The van der Waals surface area contributed by atoms with Crippen LogP contribution in [0.4, 0.5) is 0 Å². The Kier molecular flexibility index (Phi) is 3.58. The molecule has 0 bridgehead atoms. The maximum absolute atomic E-state index is 12.7. The summed E-state index contributed by atoms with van der Waals surface area (Å²) in [7, 11) is 0. The number of pyridine rings is 1. The number of hydrogen-bond acceptors (Lipinski definition) is 2. The van der Waals surface area contributed by atoms with Crippen molar-refractivity contribution in [3.8, 4) is 0 Å². The van der Waals surface area contributed by atoms with Gasteiger partial charge in [0.15, 0.2) is 10.1 Å². The summed E-state index contributed by atoms with van der Waals surface area (Å²) in [6.07, 6.45) is 5.01. The van der Waals surface area contributed by atoms with Gasteiger partial charge in [-0.15, -0.1) is 0 Å². The SMILES string of the molecule is Cc1cnc2c(c1)CCCC2[S+]([O-])c1ccccc1. The second-order valence-corrected chi connectivity index (χ2v) is 6.68. The summed E-state index contributed by atoms with van der Waals surface area (Å²) >= 11 is -1.00. The lowest BCUT2D eigenvalue weighted by Gasteiger charge is -2.26. The average Bonchev–Trinajstić information content (AvgIpc) is 2.46. The average molecular weight is 271 g/mol. The van der Waals surface area contributed by atoms with Gasteiger partial charge in [0.05, 0.1) is 5.69 Å². The third kappa shape index (κ3) is 2.53. The largest absolute Gasteiger partial charge is 0.611 e. The molecule has 1 aromatic heterocycles. The molecule has 2 aromatic rings. The maximum Gasteiger partial charge on any atom is 0.163 e. The molecule has 0 N–H and O–H groups in total. The normalized spacial score (nSPS) is 19.8. The van der Waals surface area contributed by atoms with E-state index in [0.717, 1.165) is 29.9 Å². The highest BCUT2D eigenvalue weighted by molar-refractivity contribution is 7.91. The van der Waals surface area contributed by atoms with Gasteiger partial charge in [0.2, 0.25) is 0 Å². The van der Waals surface area contributed by atoms with Gasteiger partial charge >= 0.3 is 0 Å². The minimum Gasteiger partial charge on any atom is -0.611 e. The van der Waals surface area contributed by atoms with Crippen molar-refractivity contribution in [1.82, 2.24) is 4.98 Å². The molecule has 2 unspecified atom stereocenters. The molecule has 1 heterocycles. The van der Waals surface area contributed by atoms with E-state index in [1.807, 2.05) is 36.5 Å². The van der Waals surface area contributed by atoms with Crippen molar-refractivity contribution < 1.29 is 4.55 Å². The molecule has 1 aromatic carbocycles. The molecule has 0 saturated carbocycles. The van der Waals surface area contributed by atoms with Crippen LogP contribution in [0.1, 0.15) is 34.9 Å². The highest BCUT2D eigenvalue weighted by atomic mass is 32.2. The lowest BCUT2D eigenvalue weighted by atomic mass is 9.95. The van der Waals surface area contributed by atoms with Crippen LogP contribution in [0.3, 0.4) is 0 Å². The zero-order chi connectivity index (χ0) is 13.2. The lowest BCUT2D eigenvalue weighted by molar-refractivity contribution is 0.554. The Morgan fingerprint density at radius 1 is 1.26 bits per heavy atom. The molecule has 0 radical (unpaired) electrons. The summed E-state index contributed by atoms with van der Waals surface area (Å²) in [5.41, 5.74) is 3.50. The standard InChI is InChI=1S/C16H17NOS/c1-12-10-13-6-5-9-15(16(13)17-11-12)19(18)14-7-3-2-4-8-14/h2-4,7-8,10-11,15H,5-6,9H2,1H3. The predicted molar refractivity (Wildman–Crippen MR) is 77.5 cm³/mol. The molecular weight excluding hydrogens is 254 g/mol. The van der Waals surface area contributed by atoms with Crippen molar-refractivity contribution >= 4 is 11.2 Å². The minimum atomic E-state index is -1.00. The third-order valence-electron chi connectivity index (χ3n) is 3.59. The monoisotopic (exact) mass is 271 g/mol. The number of fused-ring (bicyclic) bond motifs is 1. The van der Waals surface area contributed by atoms with Crippen LogP contribution < -0.4 is 0 Å². The van der Waals surface area contributed by atoms with Crippen LogP contribution >= 0.6 is 0 Å². The highest BCUT2D eigenvalue weighted by Crippen LogP contribution is 2.37. The minimum absolute atomic E-state index is 0.0479. The maximum atomic E-state index is 12.7. The van der Waals surface area contributed by atoms with Crippen molar-refractivity contribution in [2.75, 3.05) is 0 Å². The van der Waals surface area contributed by atoms with Crippen LogP contribution in [0.15, 0.2) is 47.5 Å². The molecule has 0 aliphatic heterocycles. The molecule has 19 heavy (non-hydrogen) atoms. The van der Waals surface area contributed by atoms with Gasteiger partial charge in [-0.1, -0.05) is 24.3 Å².